The van der Waals surface area contributed by atoms with E-state index in [1.165, 1.54) is 13.8 Å². The van der Waals surface area contributed by atoms with Gasteiger partial charge in [-0.15, -0.1) is 0 Å². The number of azo groups is 2. The van der Waals surface area contributed by atoms with E-state index in [9.17, 15) is 19.2 Å². The third-order valence-corrected chi connectivity index (χ3v) is 11.4. The van der Waals surface area contributed by atoms with Gasteiger partial charge in [0.15, 0.2) is 11.6 Å². The van der Waals surface area contributed by atoms with Gasteiger partial charge in [-0.05, 0) is 141 Å². The van der Waals surface area contributed by atoms with Crippen LogP contribution in [0.2, 0.25) is 0 Å². The summed E-state index contributed by atoms with van der Waals surface area (Å²) in [6.45, 7) is 24.7. The number of aryl methyl sites for hydroxylation is 2. The number of aliphatic hydroxyl groups excluding tert-OH is 2. The highest BCUT2D eigenvalue weighted by Crippen LogP contribution is 2.27. The number of Topliss-reactive ketones (excluding diaryl/α,β-unsaturated/α-hetero) is 2. The van der Waals surface area contributed by atoms with Gasteiger partial charge in [0, 0.05) is 17.8 Å². The van der Waals surface area contributed by atoms with Crippen LogP contribution < -0.4 is 20.1 Å². The Morgan fingerprint density at radius 3 is 1.21 bits per heavy atom. The quantitative estimate of drug-likeness (QED) is 0.0249. The van der Waals surface area contributed by atoms with Crippen LogP contribution in [-0.4, -0.2) is 195 Å². The number of rotatable bonds is 44. The Morgan fingerprint density at radius 2 is 0.817 bits per heavy atom. The number of amides is 2. The minimum atomic E-state index is -1.44. The van der Waals surface area contributed by atoms with Gasteiger partial charge in [0.1, 0.15) is 24.9 Å². The van der Waals surface area contributed by atoms with Crippen molar-refractivity contribution in [1.29, 1.82) is 0 Å². The second-order valence-electron chi connectivity index (χ2n) is 19.1. The molecule has 3 aromatic carbocycles. The van der Waals surface area contributed by atoms with E-state index in [1.54, 1.807) is 74.5 Å². The lowest BCUT2D eigenvalue weighted by Gasteiger charge is -2.20. The highest BCUT2D eigenvalue weighted by Gasteiger charge is 2.26. The second kappa shape index (κ2) is 42.7. The number of ketones is 2. The Morgan fingerprint density at radius 1 is 0.463 bits per heavy atom. The summed E-state index contributed by atoms with van der Waals surface area (Å²) in [5.74, 6) is -1.29. The molecule has 8 unspecified atom stereocenters. The summed E-state index contributed by atoms with van der Waals surface area (Å²) in [5, 5.41) is 39.4. The number of carbonyl (C=O) groups is 5. The molecule has 0 aliphatic carbocycles. The molecule has 4 N–H and O–H groups in total. The van der Waals surface area contributed by atoms with Crippen molar-refractivity contribution in [2.75, 3.05) is 116 Å². The first-order valence-corrected chi connectivity index (χ1v) is 27.3. The molecule has 458 valence electrons. The maximum Gasteiger partial charge on any atom is 0.258 e. The lowest BCUT2D eigenvalue weighted by atomic mass is 10.1. The molecular formula is C58H88N6O18. The van der Waals surface area contributed by atoms with Gasteiger partial charge < -0.3 is 77.7 Å². The molecule has 24 heteroatoms. The summed E-state index contributed by atoms with van der Waals surface area (Å²) in [5.41, 5.74) is 2.68. The minimum absolute atomic E-state index is 0.0170. The number of hydrogen-bond donors (Lipinski definition) is 4. The molecule has 82 heavy (non-hydrogen) atoms. The van der Waals surface area contributed by atoms with Crippen molar-refractivity contribution in [2.45, 2.75) is 124 Å². The van der Waals surface area contributed by atoms with Crippen LogP contribution in [0.25, 0.3) is 0 Å². The zero-order valence-corrected chi connectivity index (χ0v) is 49.3. The van der Waals surface area contributed by atoms with Gasteiger partial charge in [0.05, 0.1) is 147 Å². The lowest BCUT2D eigenvalue weighted by Crippen LogP contribution is -2.32. The average molecular weight is 1160 g/mol. The van der Waals surface area contributed by atoms with E-state index >= 15 is 0 Å². The molecule has 2 amide bonds. The SMILES string of the molecule is C=O.CC(=O)C(N=Nc1ccc(OCCOCC(C)OCC(C)OCC(C)OCCOCCO)cc1)C(=O)Nc1cc(C)c(NC(=O)C(N=Nc2ccc(OCCC(C)OCC(C)OCC(C)OCCOCCO)cc2)C(C)=O)cc1C. The van der Waals surface area contributed by atoms with E-state index in [1.807, 2.05) is 48.3 Å². The number of anilines is 2. The summed E-state index contributed by atoms with van der Waals surface area (Å²) in [6.07, 6.45) is -0.0827. The van der Waals surface area contributed by atoms with Gasteiger partial charge in [0.25, 0.3) is 11.8 Å². The monoisotopic (exact) mass is 1160 g/mol. The van der Waals surface area contributed by atoms with Gasteiger partial charge in [-0.3, -0.25) is 19.2 Å². The Kier molecular flexibility index (Phi) is 37.6. The fraction of sp³-hybridized carbons (Fsp3) is 0.603. The molecule has 3 aromatic rings. The first-order valence-electron chi connectivity index (χ1n) is 27.3. The number of nitrogens with one attached hydrogen (secondary N) is 2. The maximum atomic E-state index is 13.4. The topological polar surface area (TPSA) is 301 Å². The number of carbonyl (C=O) groups excluding carboxylic acids is 5. The summed E-state index contributed by atoms with van der Waals surface area (Å²) in [7, 11) is 0. The molecule has 24 nitrogen and oxygen atoms in total. The molecule has 0 aliphatic rings. The Labute approximate surface area is 482 Å². The average Bonchev–Trinajstić information content (AvgIpc) is 3.52. The normalized spacial score (nSPS) is 14.4. The predicted octanol–water partition coefficient (Wildman–Crippen LogP) is 7.09. The zero-order valence-electron chi connectivity index (χ0n) is 49.3. The zero-order chi connectivity index (χ0) is 60.7. The molecular weight excluding hydrogens is 1070 g/mol. The third kappa shape index (κ3) is 31.4. The highest BCUT2D eigenvalue weighted by molar-refractivity contribution is 6.11. The Bertz CT molecular complexity index is 2330. The molecule has 0 saturated heterocycles. The molecule has 3 rings (SSSR count). The molecule has 0 saturated carbocycles. The molecule has 0 heterocycles. The maximum absolute atomic E-state index is 13.4. The van der Waals surface area contributed by atoms with Crippen LogP contribution in [-0.2, 0) is 66.6 Å². The van der Waals surface area contributed by atoms with Gasteiger partial charge in [0.2, 0.25) is 12.1 Å². The molecule has 8 atom stereocenters. The Hall–Kier alpha value is -6.03. The van der Waals surface area contributed by atoms with E-state index in [-0.39, 0.29) is 69.7 Å². The number of aliphatic hydroxyl groups is 2. The van der Waals surface area contributed by atoms with Crippen molar-refractivity contribution in [2.24, 2.45) is 20.5 Å². The van der Waals surface area contributed by atoms with Crippen molar-refractivity contribution in [1.82, 2.24) is 0 Å². The van der Waals surface area contributed by atoms with E-state index in [0.29, 0.717) is 124 Å². The van der Waals surface area contributed by atoms with Crippen LogP contribution in [0.3, 0.4) is 0 Å². The lowest BCUT2D eigenvalue weighted by molar-refractivity contribution is -0.127. The largest absolute Gasteiger partial charge is 0.493 e. The molecule has 0 radical (unpaired) electrons. The van der Waals surface area contributed by atoms with Crippen LogP contribution >= 0.6 is 0 Å². The van der Waals surface area contributed by atoms with E-state index in [4.69, 9.17) is 67.1 Å². The molecule has 0 aromatic heterocycles. The molecule has 0 bridgehead atoms. The van der Waals surface area contributed by atoms with E-state index in [0.717, 1.165) is 0 Å². The number of nitrogens with zero attached hydrogens (tertiary/aromatic N) is 4. The smallest absolute Gasteiger partial charge is 0.258 e. The fourth-order valence-electron chi connectivity index (χ4n) is 6.87. The number of ether oxygens (including phenoxy) is 11. The van der Waals surface area contributed by atoms with Crippen LogP contribution in [0.1, 0.15) is 72.9 Å². The summed E-state index contributed by atoms with van der Waals surface area (Å²) < 4.78 is 62.4. The first kappa shape index (κ1) is 72.1. The second-order valence-corrected chi connectivity index (χ2v) is 19.1. The fourth-order valence-corrected chi connectivity index (χ4v) is 6.87. The highest BCUT2D eigenvalue weighted by atomic mass is 16.6. The summed E-state index contributed by atoms with van der Waals surface area (Å²) >= 11 is 0. The minimum Gasteiger partial charge on any atom is -0.493 e. The van der Waals surface area contributed by atoms with Gasteiger partial charge >= 0.3 is 0 Å². The van der Waals surface area contributed by atoms with E-state index in [2.05, 4.69) is 31.1 Å². The van der Waals surface area contributed by atoms with Crippen LogP contribution in [0.4, 0.5) is 22.7 Å². The van der Waals surface area contributed by atoms with Crippen molar-refractivity contribution >= 4 is 52.9 Å². The third-order valence-electron chi connectivity index (χ3n) is 11.4. The van der Waals surface area contributed by atoms with Crippen molar-refractivity contribution in [3.05, 3.63) is 71.8 Å². The van der Waals surface area contributed by atoms with Crippen LogP contribution in [0, 0.1) is 13.8 Å². The summed E-state index contributed by atoms with van der Waals surface area (Å²) in [4.78, 5) is 60.0. The van der Waals surface area contributed by atoms with Crippen LogP contribution in [0.15, 0.2) is 81.1 Å². The molecule has 0 aliphatic heterocycles. The molecule has 0 fully saturated rings. The van der Waals surface area contributed by atoms with Crippen LogP contribution in [0.5, 0.6) is 11.5 Å². The van der Waals surface area contributed by atoms with Gasteiger partial charge in [-0.25, -0.2) is 0 Å². The number of hydrogen-bond acceptors (Lipinski definition) is 22. The standard InChI is InChI=1S/C57H86N6O17.CH2O/c1-38-32-53(59-57(69)55(47(10)67)63-61-49-13-17-51(18-14-49)76-30-27-72-33-41(4)78-37-45(8)80-35-43(6)74-29-26-71-24-21-65)39(2)31-52(38)58-56(68)54(46(9)66)62-60-48-11-15-50(16-12-48)75-22-19-40(3)77-36-44(7)79-34-42(5)73-28-25-70-23-20-64;1-2/h11-18,31-32,40-45,54-55,64-65H,19-30,33-37H2,1-10H3,(H,58,68)(H,59,69);1H2. The molecule has 0 spiro atoms. The van der Waals surface area contributed by atoms with Crippen molar-refractivity contribution in [3.63, 3.8) is 0 Å². The number of benzene rings is 3. The van der Waals surface area contributed by atoms with Crippen molar-refractivity contribution in [3.8, 4) is 11.5 Å². The Balaban J connectivity index is 0.0000113. The first-order chi connectivity index (χ1) is 39.4. The van der Waals surface area contributed by atoms with Crippen molar-refractivity contribution < 1.29 is 86.3 Å². The predicted molar refractivity (Wildman–Crippen MR) is 306 cm³/mol. The van der Waals surface area contributed by atoms with E-state index < -0.39 is 35.5 Å². The van der Waals surface area contributed by atoms with Gasteiger partial charge in [-0.1, -0.05) is 0 Å². The van der Waals surface area contributed by atoms with Gasteiger partial charge in [-0.2, -0.15) is 20.5 Å². The summed E-state index contributed by atoms with van der Waals surface area (Å²) in [6, 6.07) is 13.8.